The first-order valence-corrected chi connectivity index (χ1v) is 7.35. The first kappa shape index (κ1) is 14.8. The number of anilines is 1. The molecule has 20 heavy (non-hydrogen) atoms. The third kappa shape index (κ3) is 4.20. The Kier molecular flexibility index (Phi) is 5.35. The zero-order valence-electron chi connectivity index (χ0n) is 12.4. The normalized spacial score (nSPS) is 19.0. The molecule has 0 radical (unpaired) electrons. The molecule has 1 saturated heterocycles. The number of nitrogens with zero attached hydrogens (tertiary/aromatic N) is 2. The zero-order valence-corrected chi connectivity index (χ0v) is 12.4. The van der Waals surface area contributed by atoms with Crippen LogP contribution in [0.2, 0.25) is 0 Å². The van der Waals surface area contributed by atoms with Gasteiger partial charge in [-0.2, -0.15) is 0 Å². The molecule has 1 fully saturated rings. The van der Waals surface area contributed by atoms with Crippen molar-refractivity contribution in [1.29, 1.82) is 0 Å². The van der Waals surface area contributed by atoms with E-state index in [4.69, 9.17) is 0 Å². The lowest BCUT2D eigenvalue weighted by Crippen LogP contribution is -2.30. The monoisotopic (exact) mass is 276 g/mol. The number of carbonyl (C=O) groups is 1. The summed E-state index contributed by atoms with van der Waals surface area (Å²) in [5.74, 6) is 1.36. The van der Waals surface area contributed by atoms with Crippen molar-refractivity contribution in [2.45, 2.75) is 19.8 Å². The van der Waals surface area contributed by atoms with Gasteiger partial charge in [0.25, 0.3) is 5.91 Å². The van der Waals surface area contributed by atoms with Crippen LogP contribution in [-0.2, 0) is 0 Å². The molecule has 0 aromatic carbocycles. The van der Waals surface area contributed by atoms with Crippen molar-refractivity contribution in [3.8, 4) is 0 Å². The molecule has 110 valence electrons. The van der Waals surface area contributed by atoms with Gasteiger partial charge < -0.3 is 15.5 Å². The number of pyridine rings is 1. The number of likely N-dealkylation sites (tertiary alicyclic amines) is 1. The van der Waals surface area contributed by atoms with E-state index in [2.05, 4.69) is 34.5 Å². The predicted octanol–water partition coefficient (Wildman–Crippen LogP) is 1.58. The van der Waals surface area contributed by atoms with E-state index >= 15 is 0 Å². The average molecular weight is 276 g/mol. The highest BCUT2D eigenvalue weighted by atomic mass is 16.1. The lowest BCUT2D eigenvalue weighted by atomic mass is 10.1. The van der Waals surface area contributed by atoms with Crippen LogP contribution in [0.15, 0.2) is 18.3 Å². The number of rotatable bonds is 6. The lowest BCUT2D eigenvalue weighted by Gasteiger charge is -2.12. The van der Waals surface area contributed by atoms with Gasteiger partial charge in [0.05, 0.1) is 5.56 Å². The number of hydrogen-bond acceptors (Lipinski definition) is 4. The van der Waals surface area contributed by atoms with Gasteiger partial charge in [-0.05, 0) is 44.5 Å². The topological polar surface area (TPSA) is 57.3 Å². The Bertz CT molecular complexity index is 432. The summed E-state index contributed by atoms with van der Waals surface area (Å²) in [6.45, 7) is 5.94. The first-order valence-electron chi connectivity index (χ1n) is 7.35. The molecule has 1 aliphatic rings. The maximum Gasteiger partial charge on any atom is 0.252 e. The van der Waals surface area contributed by atoms with Gasteiger partial charge in [-0.25, -0.2) is 4.98 Å². The average Bonchev–Trinajstić information content (AvgIpc) is 2.89. The molecule has 1 unspecified atom stereocenters. The molecule has 2 heterocycles. The van der Waals surface area contributed by atoms with Gasteiger partial charge >= 0.3 is 0 Å². The van der Waals surface area contributed by atoms with Gasteiger partial charge in [0.1, 0.15) is 5.82 Å². The molecule has 1 aliphatic heterocycles. The number of amides is 1. The van der Waals surface area contributed by atoms with Crippen LogP contribution in [0.3, 0.4) is 0 Å². The van der Waals surface area contributed by atoms with Gasteiger partial charge in [0.15, 0.2) is 0 Å². The lowest BCUT2D eigenvalue weighted by molar-refractivity contribution is 0.0947. The van der Waals surface area contributed by atoms with Crippen LogP contribution in [0.1, 0.15) is 30.1 Å². The molecule has 0 spiro atoms. The molecular weight excluding hydrogens is 252 g/mol. The Morgan fingerprint density at radius 1 is 1.50 bits per heavy atom. The summed E-state index contributed by atoms with van der Waals surface area (Å²) >= 11 is 0. The summed E-state index contributed by atoms with van der Waals surface area (Å²) < 4.78 is 0. The summed E-state index contributed by atoms with van der Waals surface area (Å²) in [6, 6.07) is 3.68. The minimum atomic E-state index is -0.0332. The van der Waals surface area contributed by atoms with E-state index in [0.717, 1.165) is 44.8 Å². The summed E-state index contributed by atoms with van der Waals surface area (Å²) in [7, 11) is 2.12. The largest absolute Gasteiger partial charge is 0.370 e. The van der Waals surface area contributed by atoms with E-state index in [1.54, 1.807) is 6.20 Å². The fraction of sp³-hybridized carbons (Fsp3) is 0.600. The van der Waals surface area contributed by atoms with Crippen LogP contribution >= 0.6 is 0 Å². The molecule has 2 N–H and O–H groups in total. The number of hydrogen-bond donors (Lipinski definition) is 2. The molecule has 5 heteroatoms. The van der Waals surface area contributed by atoms with Crippen molar-refractivity contribution in [3.05, 3.63) is 23.9 Å². The van der Waals surface area contributed by atoms with Gasteiger partial charge in [-0.1, -0.05) is 6.92 Å². The van der Waals surface area contributed by atoms with E-state index in [1.807, 2.05) is 12.1 Å². The fourth-order valence-electron chi connectivity index (χ4n) is 2.42. The summed E-state index contributed by atoms with van der Waals surface area (Å²) in [6.07, 6.45) is 3.85. The van der Waals surface area contributed by atoms with Crippen LogP contribution < -0.4 is 10.6 Å². The van der Waals surface area contributed by atoms with E-state index < -0.39 is 0 Å². The van der Waals surface area contributed by atoms with Gasteiger partial charge in [-0.15, -0.1) is 0 Å². The van der Waals surface area contributed by atoms with Gasteiger partial charge in [0, 0.05) is 25.8 Å². The molecule has 1 aromatic heterocycles. The molecule has 0 aliphatic carbocycles. The molecule has 1 aromatic rings. The maximum absolute atomic E-state index is 12.0. The second-order valence-electron chi connectivity index (χ2n) is 5.49. The minimum Gasteiger partial charge on any atom is -0.370 e. The van der Waals surface area contributed by atoms with Gasteiger partial charge in [-0.3, -0.25) is 4.79 Å². The summed E-state index contributed by atoms with van der Waals surface area (Å²) in [5.41, 5.74) is 0.624. The number of carbonyl (C=O) groups excluding carboxylic acids is 1. The van der Waals surface area contributed by atoms with Crippen LogP contribution in [0.4, 0.5) is 5.82 Å². The fourth-order valence-corrected chi connectivity index (χ4v) is 2.42. The number of aromatic nitrogens is 1. The second-order valence-corrected chi connectivity index (χ2v) is 5.49. The predicted molar refractivity (Wildman–Crippen MR) is 81.0 cm³/mol. The molecule has 1 amide bonds. The van der Waals surface area contributed by atoms with E-state index in [-0.39, 0.29) is 5.91 Å². The van der Waals surface area contributed by atoms with Crippen molar-refractivity contribution in [1.82, 2.24) is 15.2 Å². The standard InChI is InChI=1S/C15H24N4O/c1-3-7-16-14-5-4-13(10-17-14)15(20)18-9-12-6-8-19(2)11-12/h4-5,10,12H,3,6-9,11H2,1-2H3,(H,16,17)(H,18,20). The van der Waals surface area contributed by atoms with Crippen LogP contribution in [-0.4, -0.2) is 49.0 Å². The smallest absolute Gasteiger partial charge is 0.252 e. The van der Waals surface area contributed by atoms with E-state index in [0.29, 0.717) is 11.5 Å². The third-order valence-corrected chi connectivity index (χ3v) is 3.62. The Balaban J connectivity index is 1.80. The quantitative estimate of drug-likeness (QED) is 0.828. The Hall–Kier alpha value is -1.62. The van der Waals surface area contributed by atoms with E-state index in [9.17, 15) is 4.79 Å². The first-order chi connectivity index (χ1) is 9.69. The van der Waals surface area contributed by atoms with Gasteiger partial charge in [0.2, 0.25) is 0 Å². The third-order valence-electron chi connectivity index (χ3n) is 3.62. The molecule has 5 nitrogen and oxygen atoms in total. The molecule has 0 saturated carbocycles. The maximum atomic E-state index is 12.0. The van der Waals surface area contributed by atoms with Crippen molar-refractivity contribution in [2.75, 3.05) is 38.5 Å². The highest BCUT2D eigenvalue weighted by molar-refractivity contribution is 5.94. The van der Waals surface area contributed by atoms with Crippen molar-refractivity contribution in [2.24, 2.45) is 5.92 Å². The molecule has 1 atom stereocenters. The van der Waals surface area contributed by atoms with E-state index in [1.165, 1.54) is 0 Å². The van der Waals surface area contributed by atoms with Crippen LogP contribution in [0, 0.1) is 5.92 Å². The molecule has 0 bridgehead atoms. The molecular formula is C15H24N4O. The minimum absolute atomic E-state index is 0.0332. The second kappa shape index (κ2) is 7.24. The SMILES string of the molecule is CCCNc1ccc(C(=O)NCC2CCN(C)C2)cn1. The molecule has 2 rings (SSSR count). The van der Waals surface area contributed by atoms with Crippen LogP contribution in [0.5, 0.6) is 0 Å². The highest BCUT2D eigenvalue weighted by Crippen LogP contribution is 2.13. The van der Waals surface area contributed by atoms with Crippen molar-refractivity contribution < 1.29 is 4.79 Å². The summed E-state index contributed by atoms with van der Waals surface area (Å²) in [5, 5.41) is 6.19. The zero-order chi connectivity index (χ0) is 14.4. The van der Waals surface area contributed by atoms with Crippen LogP contribution in [0.25, 0.3) is 0 Å². The Morgan fingerprint density at radius 3 is 2.95 bits per heavy atom. The van der Waals surface area contributed by atoms with Crippen molar-refractivity contribution >= 4 is 11.7 Å². The Morgan fingerprint density at radius 2 is 2.35 bits per heavy atom. The Labute approximate surface area is 120 Å². The highest BCUT2D eigenvalue weighted by Gasteiger charge is 2.20. The summed E-state index contributed by atoms with van der Waals surface area (Å²) in [4.78, 5) is 18.6. The van der Waals surface area contributed by atoms with Crippen molar-refractivity contribution in [3.63, 3.8) is 0 Å². The number of nitrogens with one attached hydrogen (secondary N) is 2.